The summed E-state index contributed by atoms with van der Waals surface area (Å²) in [4.78, 5) is 23.1. The molecule has 33 heavy (non-hydrogen) atoms. The van der Waals surface area contributed by atoms with Crippen LogP contribution in [0.5, 0.6) is 5.75 Å². The average molecular weight is 447 g/mol. The Morgan fingerprint density at radius 3 is 1.91 bits per heavy atom. The van der Waals surface area contributed by atoms with Gasteiger partial charge in [-0.3, -0.25) is 4.79 Å². The lowest BCUT2D eigenvalue weighted by atomic mass is 9.90. The number of piperidine rings is 1. The molecule has 3 aromatic carbocycles. The van der Waals surface area contributed by atoms with Crippen molar-refractivity contribution in [2.75, 3.05) is 13.1 Å². The van der Waals surface area contributed by atoms with Gasteiger partial charge < -0.3 is 20.5 Å². The summed E-state index contributed by atoms with van der Waals surface area (Å²) in [6, 6.07) is 27.1. The smallest absolute Gasteiger partial charge is 0.407 e. The van der Waals surface area contributed by atoms with Gasteiger partial charge in [0.05, 0.1) is 0 Å². The Bertz CT molecular complexity index is 999. The summed E-state index contributed by atoms with van der Waals surface area (Å²) in [7, 11) is 0. The number of benzene rings is 3. The van der Waals surface area contributed by atoms with Crippen molar-refractivity contribution in [3.05, 3.63) is 102 Å². The Balaban J connectivity index is 0.000000186. The summed E-state index contributed by atoms with van der Waals surface area (Å²) < 4.78 is 5.57. The summed E-state index contributed by atoms with van der Waals surface area (Å²) in [6.45, 7) is 1.89. The fourth-order valence-electron chi connectivity index (χ4n) is 3.73. The molecule has 1 aliphatic heterocycles. The number of carbonyl (C=O) groups is 2. The van der Waals surface area contributed by atoms with Gasteiger partial charge in [0, 0.05) is 18.7 Å². The number of ether oxygens (including phenoxy) is 1. The monoisotopic (exact) mass is 446 g/mol. The second kappa shape index (κ2) is 12.3. The molecule has 3 N–H and O–H groups in total. The molecule has 1 saturated heterocycles. The summed E-state index contributed by atoms with van der Waals surface area (Å²) in [5.74, 6) is 0.927. The van der Waals surface area contributed by atoms with Gasteiger partial charge in [-0.25, -0.2) is 4.79 Å². The molecule has 0 spiro atoms. The van der Waals surface area contributed by atoms with Crippen LogP contribution in [0.1, 0.15) is 34.3 Å². The Morgan fingerprint density at radius 1 is 0.848 bits per heavy atom. The molecule has 0 aliphatic carbocycles. The molecule has 0 aromatic heterocycles. The fraction of sp³-hybridized carbons (Fsp3) is 0.259. The molecular weight excluding hydrogens is 416 g/mol. The van der Waals surface area contributed by atoms with Crippen LogP contribution in [0.2, 0.25) is 0 Å². The molecule has 0 bridgehead atoms. The number of primary amides is 1. The van der Waals surface area contributed by atoms with Crippen LogP contribution < -0.4 is 10.5 Å². The quantitative estimate of drug-likeness (QED) is 0.558. The second-order valence-corrected chi connectivity index (χ2v) is 8.07. The number of hydrogen-bond donors (Lipinski definition) is 2. The fourth-order valence-corrected chi connectivity index (χ4v) is 3.73. The maximum Gasteiger partial charge on any atom is 0.407 e. The van der Waals surface area contributed by atoms with Crippen molar-refractivity contribution < 1.29 is 19.4 Å². The number of nitrogens with zero attached hydrogens (tertiary/aromatic N) is 1. The van der Waals surface area contributed by atoms with Gasteiger partial charge in [-0.2, -0.15) is 0 Å². The lowest BCUT2D eigenvalue weighted by Gasteiger charge is -2.29. The van der Waals surface area contributed by atoms with E-state index in [0.29, 0.717) is 31.2 Å². The van der Waals surface area contributed by atoms with Crippen molar-refractivity contribution >= 4 is 12.0 Å². The van der Waals surface area contributed by atoms with E-state index in [4.69, 9.17) is 15.6 Å². The van der Waals surface area contributed by atoms with Gasteiger partial charge in [-0.05, 0) is 60.6 Å². The molecule has 1 fully saturated rings. The zero-order valence-corrected chi connectivity index (χ0v) is 18.6. The highest BCUT2D eigenvalue weighted by atomic mass is 16.5. The lowest BCUT2D eigenvalue weighted by Crippen LogP contribution is -2.37. The summed E-state index contributed by atoms with van der Waals surface area (Å²) in [6.07, 6.45) is 2.27. The predicted molar refractivity (Wildman–Crippen MR) is 128 cm³/mol. The SMILES string of the molecule is NC(=O)c1ccc(OCc2ccccc2)cc1.O=C(O)N1CCC(Cc2ccccc2)CC1. The summed E-state index contributed by atoms with van der Waals surface area (Å²) in [5, 5.41) is 8.84. The van der Waals surface area contributed by atoms with Gasteiger partial charge in [0.1, 0.15) is 12.4 Å². The molecule has 2 amide bonds. The minimum absolute atomic E-state index is 0.431. The molecule has 1 heterocycles. The van der Waals surface area contributed by atoms with Crippen molar-refractivity contribution in [3.8, 4) is 5.75 Å². The Kier molecular flexibility index (Phi) is 8.88. The number of hydrogen-bond acceptors (Lipinski definition) is 3. The van der Waals surface area contributed by atoms with E-state index in [0.717, 1.165) is 30.6 Å². The molecule has 0 radical (unpaired) electrons. The van der Waals surface area contributed by atoms with Gasteiger partial charge >= 0.3 is 6.09 Å². The molecule has 172 valence electrons. The maximum absolute atomic E-state index is 10.9. The van der Waals surface area contributed by atoms with E-state index >= 15 is 0 Å². The van der Waals surface area contributed by atoms with E-state index in [2.05, 4.69) is 24.3 Å². The number of amides is 2. The zero-order chi connectivity index (χ0) is 23.5. The van der Waals surface area contributed by atoms with Crippen LogP contribution in [-0.2, 0) is 13.0 Å². The normalized spacial score (nSPS) is 13.5. The Hall–Kier alpha value is -3.80. The Morgan fingerprint density at radius 2 is 1.39 bits per heavy atom. The third kappa shape index (κ3) is 8.00. The van der Waals surface area contributed by atoms with E-state index in [1.165, 1.54) is 10.5 Å². The Labute approximate surface area is 194 Å². The van der Waals surface area contributed by atoms with Crippen LogP contribution in [-0.4, -0.2) is 35.1 Å². The molecule has 6 nitrogen and oxygen atoms in total. The van der Waals surface area contributed by atoms with Gasteiger partial charge in [0.2, 0.25) is 5.91 Å². The van der Waals surface area contributed by atoms with E-state index in [1.807, 2.05) is 36.4 Å². The van der Waals surface area contributed by atoms with Crippen molar-refractivity contribution in [2.24, 2.45) is 11.7 Å². The molecule has 0 unspecified atom stereocenters. The first-order valence-corrected chi connectivity index (χ1v) is 11.1. The average Bonchev–Trinajstić information content (AvgIpc) is 2.85. The number of rotatable bonds is 6. The minimum Gasteiger partial charge on any atom is -0.489 e. The highest BCUT2D eigenvalue weighted by Gasteiger charge is 2.22. The van der Waals surface area contributed by atoms with Crippen LogP contribution in [0, 0.1) is 5.92 Å². The number of nitrogens with two attached hydrogens (primary N) is 1. The first-order valence-electron chi connectivity index (χ1n) is 11.1. The van der Waals surface area contributed by atoms with Gasteiger partial charge in [0.25, 0.3) is 0 Å². The van der Waals surface area contributed by atoms with E-state index < -0.39 is 12.0 Å². The zero-order valence-electron chi connectivity index (χ0n) is 18.6. The molecule has 0 saturated carbocycles. The third-order valence-corrected chi connectivity index (χ3v) is 5.64. The highest BCUT2D eigenvalue weighted by molar-refractivity contribution is 5.92. The van der Waals surface area contributed by atoms with Crippen LogP contribution in [0.15, 0.2) is 84.9 Å². The van der Waals surface area contributed by atoms with E-state index in [1.54, 1.807) is 24.3 Å². The second-order valence-electron chi connectivity index (χ2n) is 8.07. The van der Waals surface area contributed by atoms with Crippen molar-refractivity contribution in [1.82, 2.24) is 4.90 Å². The van der Waals surface area contributed by atoms with E-state index in [9.17, 15) is 9.59 Å². The van der Waals surface area contributed by atoms with Crippen LogP contribution in [0.25, 0.3) is 0 Å². The largest absolute Gasteiger partial charge is 0.489 e. The van der Waals surface area contributed by atoms with Crippen molar-refractivity contribution in [3.63, 3.8) is 0 Å². The molecule has 1 aliphatic rings. The maximum atomic E-state index is 10.9. The van der Waals surface area contributed by atoms with Crippen molar-refractivity contribution in [2.45, 2.75) is 25.9 Å². The first kappa shape index (κ1) is 23.9. The molecule has 0 atom stereocenters. The number of likely N-dealkylation sites (tertiary alicyclic amines) is 1. The van der Waals surface area contributed by atoms with Gasteiger partial charge in [-0.1, -0.05) is 60.7 Å². The first-order chi connectivity index (χ1) is 16.0. The van der Waals surface area contributed by atoms with Crippen LogP contribution in [0.3, 0.4) is 0 Å². The number of carboxylic acid groups (broad SMARTS) is 1. The van der Waals surface area contributed by atoms with Gasteiger partial charge in [-0.15, -0.1) is 0 Å². The number of carbonyl (C=O) groups excluding carboxylic acids is 1. The van der Waals surface area contributed by atoms with Crippen LogP contribution >= 0.6 is 0 Å². The minimum atomic E-state index is -0.779. The third-order valence-electron chi connectivity index (χ3n) is 5.64. The van der Waals surface area contributed by atoms with Crippen molar-refractivity contribution in [1.29, 1.82) is 0 Å². The lowest BCUT2D eigenvalue weighted by molar-refractivity contribution is 0.1000. The highest BCUT2D eigenvalue weighted by Crippen LogP contribution is 2.21. The van der Waals surface area contributed by atoms with Gasteiger partial charge in [0.15, 0.2) is 0 Å². The van der Waals surface area contributed by atoms with Crippen LogP contribution in [0.4, 0.5) is 4.79 Å². The molecule has 4 rings (SSSR count). The summed E-state index contributed by atoms with van der Waals surface area (Å²) >= 11 is 0. The topological polar surface area (TPSA) is 92.9 Å². The summed E-state index contributed by atoms with van der Waals surface area (Å²) in [5.41, 5.74) is 8.09. The van der Waals surface area contributed by atoms with E-state index in [-0.39, 0.29) is 0 Å². The molecule has 6 heteroatoms. The molecular formula is C27H30N2O4. The molecule has 3 aromatic rings. The predicted octanol–water partition coefficient (Wildman–Crippen LogP) is 4.98. The standard InChI is InChI=1S/C14H13NO2.C13H17NO2/c15-14(16)12-6-8-13(9-7-12)17-10-11-4-2-1-3-5-11;15-13(16)14-8-6-12(7-9-14)10-11-4-2-1-3-5-11/h1-9H,10H2,(H2,15,16);1-5,12H,6-10H2,(H,15,16).